The van der Waals surface area contributed by atoms with Crippen LogP contribution in [-0.4, -0.2) is 19.0 Å². The van der Waals surface area contributed by atoms with Gasteiger partial charge in [-0.2, -0.15) is 13.2 Å². The van der Waals surface area contributed by atoms with E-state index in [1.54, 1.807) is 0 Å². The Bertz CT molecular complexity index is 617. The zero-order valence-electron chi connectivity index (χ0n) is 12.5. The molecule has 23 heavy (non-hydrogen) atoms. The largest absolute Gasteiger partial charge is 0.416 e. The summed E-state index contributed by atoms with van der Waals surface area (Å²) in [7, 11) is 0. The van der Waals surface area contributed by atoms with E-state index in [-0.39, 0.29) is 11.8 Å². The van der Waals surface area contributed by atoms with Gasteiger partial charge >= 0.3 is 6.18 Å². The lowest BCUT2D eigenvalue weighted by atomic mass is 9.67. The maximum absolute atomic E-state index is 13.8. The number of carbonyl (C=O) groups is 1. The monoisotopic (exact) mass is 330 g/mol. The van der Waals surface area contributed by atoms with E-state index in [9.17, 15) is 22.4 Å². The summed E-state index contributed by atoms with van der Waals surface area (Å²) in [6.07, 6.45) is -1.05. The van der Waals surface area contributed by atoms with Crippen molar-refractivity contribution in [3.05, 3.63) is 29.6 Å². The standard InChI is InChI=1S/C16H18F4N2O/c17-12-5-4-10(16(18,19)20)7-13(12)22-14(23)15-6-2-1-3-11(15)8-21-9-15/h4-5,7,11,21H,1-3,6,8-9H2,(H,22,23)/t11-,15+/m0/s1. The van der Waals surface area contributed by atoms with Crippen molar-refractivity contribution in [2.24, 2.45) is 11.3 Å². The predicted molar refractivity (Wildman–Crippen MR) is 77.3 cm³/mol. The van der Waals surface area contributed by atoms with Crippen molar-refractivity contribution in [1.29, 1.82) is 0 Å². The van der Waals surface area contributed by atoms with E-state index in [0.29, 0.717) is 25.1 Å². The average Bonchev–Trinajstić information content (AvgIpc) is 2.93. The molecule has 1 saturated heterocycles. The molecule has 0 bridgehead atoms. The third-order valence-electron chi connectivity index (χ3n) is 5.03. The maximum atomic E-state index is 13.8. The summed E-state index contributed by atoms with van der Waals surface area (Å²) < 4.78 is 52.1. The minimum atomic E-state index is -4.58. The van der Waals surface area contributed by atoms with Crippen molar-refractivity contribution in [2.45, 2.75) is 31.9 Å². The number of alkyl halides is 3. The summed E-state index contributed by atoms with van der Waals surface area (Å²) in [4.78, 5) is 12.7. The molecule has 7 heteroatoms. The number of halogens is 4. The van der Waals surface area contributed by atoms with Crippen molar-refractivity contribution >= 4 is 11.6 Å². The first-order valence-corrected chi connectivity index (χ1v) is 7.72. The summed E-state index contributed by atoms with van der Waals surface area (Å²) >= 11 is 0. The number of anilines is 1. The molecule has 0 radical (unpaired) electrons. The number of fused-ring (bicyclic) bond motifs is 1. The summed E-state index contributed by atoms with van der Waals surface area (Å²) in [5, 5.41) is 5.59. The van der Waals surface area contributed by atoms with Crippen LogP contribution in [0.25, 0.3) is 0 Å². The highest BCUT2D eigenvalue weighted by molar-refractivity contribution is 5.96. The number of benzene rings is 1. The van der Waals surface area contributed by atoms with Gasteiger partial charge in [0.15, 0.2) is 0 Å². The SMILES string of the molecule is O=C(Nc1cc(C(F)(F)F)ccc1F)[C@@]12CCCC[C@H]1CNC2. The molecule has 1 aromatic carbocycles. The van der Waals surface area contributed by atoms with Crippen LogP contribution in [0.15, 0.2) is 18.2 Å². The average molecular weight is 330 g/mol. The molecule has 126 valence electrons. The Morgan fingerprint density at radius 1 is 1.30 bits per heavy atom. The van der Waals surface area contributed by atoms with Crippen LogP contribution in [-0.2, 0) is 11.0 Å². The summed E-state index contributed by atoms with van der Waals surface area (Å²) in [5.41, 5.74) is -2.02. The minimum absolute atomic E-state index is 0.158. The van der Waals surface area contributed by atoms with Crippen LogP contribution in [0.4, 0.5) is 23.2 Å². The summed E-state index contributed by atoms with van der Waals surface area (Å²) in [5.74, 6) is -1.09. The molecule has 1 aliphatic heterocycles. The first kappa shape index (κ1) is 16.2. The lowest BCUT2D eigenvalue weighted by Crippen LogP contribution is -2.44. The van der Waals surface area contributed by atoms with E-state index in [1.165, 1.54) is 0 Å². The van der Waals surface area contributed by atoms with Gasteiger partial charge in [0.25, 0.3) is 0 Å². The lowest BCUT2D eigenvalue weighted by Gasteiger charge is -2.37. The third kappa shape index (κ3) is 2.94. The Kier molecular flexibility index (Phi) is 4.08. The molecule has 0 spiro atoms. The highest BCUT2D eigenvalue weighted by Crippen LogP contribution is 2.44. The van der Waals surface area contributed by atoms with Gasteiger partial charge in [-0.05, 0) is 43.5 Å². The van der Waals surface area contributed by atoms with Gasteiger partial charge in [0.2, 0.25) is 5.91 Å². The Hall–Kier alpha value is -1.63. The molecule has 2 N–H and O–H groups in total. The van der Waals surface area contributed by atoms with Gasteiger partial charge in [-0.25, -0.2) is 4.39 Å². The van der Waals surface area contributed by atoms with E-state index in [0.717, 1.165) is 31.9 Å². The fraction of sp³-hybridized carbons (Fsp3) is 0.562. The molecule has 1 aromatic rings. The van der Waals surface area contributed by atoms with E-state index in [2.05, 4.69) is 10.6 Å². The van der Waals surface area contributed by atoms with E-state index in [1.807, 2.05) is 0 Å². The quantitative estimate of drug-likeness (QED) is 0.814. The van der Waals surface area contributed by atoms with E-state index >= 15 is 0 Å². The van der Waals surface area contributed by atoms with Crippen molar-refractivity contribution in [2.75, 3.05) is 18.4 Å². The Morgan fingerprint density at radius 3 is 2.83 bits per heavy atom. The molecule has 1 aliphatic carbocycles. The first-order chi connectivity index (χ1) is 10.8. The number of amides is 1. The molecule has 0 unspecified atom stereocenters. The summed E-state index contributed by atoms with van der Waals surface area (Å²) in [6.45, 7) is 1.21. The van der Waals surface area contributed by atoms with Crippen LogP contribution in [0.1, 0.15) is 31.2 Å². The molecule has 0 aromatic heterocycles. The fourth-order valence-corrected chi connectivity index (χ4v) is 3.73. The molecule has 2 atom stereocenters. The van der Waals surface area contributed by atoms with E-state index in [4.69, 9.17) is 0 Å². The van der Waals surface area contributed by atoms with Crippen molar-refractivity contribution in [3.63, 3.8) is 0 Å². The number of rotatable bonds is 2. The summed E-state index contributed by atoms with van der Waals surface area (Å²) in [6, 6.07) is 2.06. The normalized spacial score (nSPS) is 27.6. The van der Waals surface area contributed by atoms with Crippen molar-refractivity contribution in [1.82, 2.24) is 5.32 Å². The van der Waals surface area contributed by atoms with Crippen LogP contribution < -0.4 is 10.6 Å². The Balaban J connectivity index is 1.85. The van der Waals surface area contributed by atoms with Crippen LogP contribution in [0.2, 0.25) is 0 Å². The molecule has 2 fully saturated rings. The second-order valence-electron chi connectivity index (χ2n) is 6.38. The number of hydrogen-bond acceptors (Lipinski definition) is 2. The molecule has 2 aliphatic rings. The van der Waals surface area contributed by atoms with Crippen LogP contribution in [0, 0.1) is 17.2 Å². The van der Waals surface area contributed by atoms with Gasteiger partial charge in [-0.3, -0.25) is 4.79 Å². The van der Waals surface area contributed by atoms with Crippen LogP contribution in [0.5, 0.6) is 0 Å². The third-order valence-corrected chi connectivity index (χ3v) is 5.03. The van der Waals surface area contributed by atoms with Crippen molar-refractivity contribution in [3.8, 4) is 0 Å². The Labute approximate surface area is 131 Å². The zero-order valence-corrected chi connectivity index (χ0v) is 12.5. The van der Waals surface area contributed by atoms with Gasteiger partial charge < -0.3 is 10.6 Å². The smallest absolute Gasteiger partial charge is 0.323 e. The molecule has 3 rings (SSSR count). The highest BCUT2D eigenvalue weighted by atomic mass is 19.4. The predicted octanol–water partition coefficient (Wildman–Crippen LogP) is 3.56. The Morgan fingerprint density at radius 2 is 2.09 bits per heavy atom. The van der Waals surface area contributed by atoms with Gasteiger partial charge in [-0.1, -0.05) is 12.8 Å². The second-order valence-corrected chi connectivity index (χ2v) is 6.38. The van der Waals surface area contributed by atoms with Gasteiger partial charge in [0.05, 0.1) is 16.7 Å². The van der Waals surface area contributed by atoms with Gasteiger partial charge in [0, 0.05) is 6.54 Å². The van der Waals surface area contributed by atoms with Crippen molar-refractivity contribution < 1.29 is 22.4 Å². The van der Waals surface area contributed by atoms with Gasteiger partial charge in [-0.15, -0.1) is 0 Å². The topological polar surface area (TPSA) is 41.1 Å². The minimum Gasteiger partial charge on any atom is -0.323 e. The van der Waals surface area contributed by atoms with E-state index < -0.39 is 28.7 Å². The number of nitrogens with one attached hydrogen (secondary N) is 2. The fourth-order valence-electron chi connectivity index (χ4n) is 3.73. The maximum Gasteiger partial charge on any atom is 0.416 e. The molecule has 1 heterocycles. The zero-order chi connectivity index (χ0) is 16.7. The lowest BCUT2D eigenvalue weighted by molar-refractivity contribution is -0.137. The second kappa shape index (κ2) is 5.78. The molecular formula is C16H18F4N2O. The van der Waals surface area contributed by atoms with Gasteiger partial charge in [0.1, 0.15) is 5.82 Å². The van der Waals surface area contributed by atoms with Crippen LogP contribution in [0.3, 0.4) is 0 Å². The molecule has 3 nitrogen and oxygen atoms in total. The number of hydrogen-bond donors (Lipinski definition) is 2. The molecular weight excluding hydrogens is 312 g/mol. The molecule has 1 saturated carbocycles. The highest BCUT2D eigenvalue weighted by Gasteiger charge is 2.50. The van der Waals surface area contributed by atoms with Crippen LogP contribution >= 0.6 is 0 Å². The first-order valence-electron chi connectivity index (χ1n) is 7.72. The molecule has 1 amide bonds. The number of carbonyl (C=O) groups excluding carboxylic acids is 1.